The highest BCUT2D eigenvalue weighted by molar-refractivity contribution is 5.45. The van der Waals surface area contributed by atoms with E-state index in [9.17, 15) is 5.11 Å². The van der Waals surface area contributed by atoms with Gasteiger partial charge >= 0.3 is 0 Å². The fraction of sp³-hybridized carbons (Fsp3) is 0.294. The van der Waals surface area contributed by atoms with Gasteiger partial charge in [0, 0.05) is 12.2 Å². The molecule has 0 aromatic heterocycles. The van der Waals surface area contributed by atoms with Crippen LogP contribution in [-0.2, 0) is 6.61 Å². The van der Waals surface area contributed by atoms with Crippen molar-refractivity contribution in [3.05, 3.63) is 54.1 Å². The van der Waals surface area contributed by atoms with Crippen molar-refractivity contribution in [1.29, 1.82) is 0 Å². The summed E-state index contributed by atoms with van der Waals surface area (Å²) in [4.78, 5) is 0. The van der Waals surface area contributed by atoms with Crippen LogP contribution in [0, 0.1) is 0 Å². The van der Waals surface area contributed by atoms with Crippen LogP contribution >= 0.6 is 0 Å². The quantitative estimate of drug-likeness (QED) is 0.696. The van der Waals surface area contributed by atoms with Crippen LogP contribution in [0.25, 0.3) is 0 Å². The Morgan fingerprint density at radius 1 is 1.09 bits per heavy atom. The Bertz CT molecular complexity index is 571. The second-order valence-corrected chi connectivity index (χ2v) is 4.88. The Balaban J connectivity index is 1.89. The number of rotatable bonds is 8. The first-order chi connectivity index (χ1) is 10.7. The number of ether oxygens (including phenoxy) is 2. The maximum atomic E-state index is 9.34. The molecule has 0 aliphatic rings. The van der Waals surface area contributed by atoms with Crippen molar-refractivity contribution in [2.24, 2.45) is 0 Å². The third-order valence-corrected chi connectivity index (χ3v) is 3.14. The molecule has 5 nitrogen and oxygen atoms in total. The Morgan fingerprint density at radius 2 is 1.82 bits per heavy atom. The number of benzene rings is 2. The molecule has 22 heavy (non-hydrogen) atoms. The number of aliphatic hydroxyl groups is 2. The molecular formula is C17H21NO4. The van der Waals surface area contributed by atoms with E-state index in [1.54, 1.807) is 7.11 Å². The molecule has 0 aliphatic carbocycles. The second kappa shape index (κ2) is 8.26. The largest absolute Gasteiger partial charge is 0.497 e. The highest BCUT2D eigenvalue weighted by Gasteiger charge is 2.02. The number of anilines is 1. The van der Waals surface area contributed by atoms with Gasteiger partial charge in [-0.15, -0.1) is 0 Å². The van der Waals surface area contributed by atoms with Crippen molar-refractivity contribution in [2.45, 2.75) is 12.7 Å². The third-order valence-electron chi connectivity index (χ3n) is 3.14. The van der Waals surface area contributed by atoms with Gasteiger partial charge in [0.25, 0.3) is 0 Å². The van der Waals surface area contributed by atoms with Crippen molar-refractivity contribution < 1.29 is 19.7 Å². The zero-order chi connectivity index (χ0) is 15.8. The minimum absolute atomic E-state index is 0.257. The minimum atomic E-state index is -0.765. The molecule has 5 heteroatoms. The van der Waals surface area contributed by atoms with E-state index in [0.717, 1.165) is 22.7 Å². The summed E-state index contributed by atoms with van der Waals surface area (Å²) in [5.74, 6) is 1.57. The van der Waals surface area contributed by atoms with Gasteiger partial charge in [-0.2, -0.15) is 0 Å². The van der Waals surface area contributed by atoms with Gasteiger partial charge in [0.1, 0.15) is 18.1 Å². The molecule has 0 aliphatic heterocycles. The minimum Gasteiger partial charge on any atom is -0.497 e. The monoisotopic (exact) mass is 303 g/mol. The lowest BCUT2D eigenvalue weighted by Crippen LogP contribution is -2.22. The van der Waals surface area contributed by atoms with E-state index in [1.165, 1.54) is 0 Å². The topological polar surface area (TPSA) is 71.0 Å². The predicted octanol–water partition coefficient (Wildman–Crippen LogP) is 2.04. The van der Waals surface area contributed by atoms with Gasteiger partial charge in [-0.05, 0) is 42.0 Å². The first kappa shape index (κ1) is 16.1. The zero-order valence-corrected chi connectivity index (χ0v) is 12.5. The molecule has 2 rings (SSSR count). The molecule has 0 fully saturated rings. The lowest BCUT2D eigenvalue weighted by Gasteiger charge is -2.12. The standard InChI is InChI=1S/C17H21NO4/c1-21-16-5-7-17(8-6-16)22-12-13-3-2-4-14(9-13)18-10-15(20)11-19/h2-9,15,18-20H,10-12H2,1H3. The highest BCUT2D eigenvalue weighted by Crippen LogP contribution is 2.19. The lowest BCUT2D eigenvalue weighted by molar-refractivity contribution is 0.105. The SMILES string of the molecule is COc1ccc(OCc2cccc(NCC(O)CO)c2)cc1. The molecule has 0 bridgehead atoms. The third kappa shape index (κ3) is 4.95. The van der Waals surface area contributed by atoms with Crippen LogP contribution in [0.4, 0.5) is 5.69 Å². The van der Waals surface area contributed by atoms with Crippen LogP contribution in [-0.4, -0.2) is 36.6 Å². The van der Waals surface area contributed by atoms with E-state index in [2.05, 4.69) is 5.32 Å². The maximum absolute atomic E-state index is 9.34. The van der Waals surface area contributed by atoms with E-state index in [-0.39, 0.29) is 6.61 Å². The summed E-state index contributed by atoms with van der Waals surface area (Å²) in [6.45, 7) is 0.497. The van der Waals surface area contributed by atoms with Gasteiger partial charge in [-0.1, -0.05) is 12.1 Å². The van der Waals surface area contributed by atoms with Crippen molar-refractivity contribution in [2.75, 3.05) is 25.6 Å². The summed E-state index contributed by atoms with van der Waals surface area (Å²) >= 11 is 0. The van der Waals surface area contributed by atoms with Gasteiger partial charge in [0.2, 0.25) is 0 Å². The first-order valence-electron chi connectivity index (χ1n) is 7.10. The van der Waals surface area contributed by atoms with E-state index in [1.807, 2.05) is 48.5 Å². The van der Waals surface area contributed by atoms with Crippen molar-refractivity contribution in [3.63, 3.8) is 0 Å². The molecule has 118 valence electrons. The van der Waals surface area contributed by atoms with E-state index in [0.29, 0.717) is 13.2 Å². The smallest absolute Gasteiger partial charge is 0.120 e. The van der Waals surface area contributed by atoms with Crippen molar-refractivity contribution >= 4 is 5.69 Å². The van der Waals surface area contributed by atoms with Crippen LogP contribution in [0.15, 0.2) is 48.5 Å². The fourth-order valence-corrected chi connectivity index (χ4v) is 1.91. The molecule has 0 heterocycles. The molecule has 0 saturated heterocycles. The van der Waals surface area contributed by atoms with Gasteiger partial charge in [-0.3, -0.25) is 0 Å². The molecule has 3 N–H and O–H groups in total. The van der Waals surface area contributed by atoms with Crippen LogP contribution in [0.3, 0.4) is 0 Å². The Morgan fingerprint density at radius 3 is 2.50 bits per heavy atom. The van der Waals surface area contributed by atoms with Crippen LogP contribution < -0.4 is 14.8 Å². The highest BCUT2D eigenvalue weighted by atomic mass is 16.5. The van der Waals surface area contributed by atoms with Gasteiger partial charge < -0.3 is 25.0 Å². The fourth-order valence-electron chi connectivity index (χ4n) is 1.91. The number of nitrogens with one attached hydrogen (secondary N) is 1. The average Bonchev–Trinajstić information content (AvgIpc) is 2.58. The molecule has 0 spiro atoms. The summed E-state index contributed by atoms with van der Waals surface area (Å²) < 4.78 is 10.8. The lowest BCUT2D eigenvalue weighted by atomic mass is 10.2. The molecule has 0 radical (unpaired) electrons. The number of aliphatic hydroxyl groups excluding tert-OH is 2. The Labute approximate surface area is 130 Å². The molecule has 0 amide bonds. The Kier molecular flexibility index (Phi) is 6.06. The molecule has 1 atom stereocenters. The van der Waals surface area contributed by atoms with E-state index >= 15 is 0 Å². The Hall–Kier alpha value is -2.24. The zero-order valence-electron chi connectivity index (χ0n) is 12.5. The van der Waals surface area contributed by atoms with Crippen LogP contribution in [0.2, 0.25) is 0 Å². The molecule has 0 saturated carbocycles. The van der Waals surface area contributed by atoms with Gasteiger partial charge in [0.15, 0.2) is 0 Å². The second-order valence-electron chi connectivity index (χ2n) is 4.88. The van der Waals surface area contributed by atoms with Crippen molar-refractivity contribution in [1.82, 2.24) is 0 Å². The first-order valence-corrected chi connectivity index (χ1v) is 7.10. The summed E-state index contributed by atoms with van der Waals surface area (Å²) in [5.41, 5.74) is 1.89. The normalized spacial score (nSPS) is 11.8. The molecule has 2 aromatic rings. The summed E-state index contributed by atoms with van der Waals surface area (Å²) in [7, 11) is 1.63. The van der Waals surface area contributed by atoms with E-state index in [4.69, 9.17) is 14.6 Å². The average molecular weight is 303 g/mol. The van der Waals surface area contributed by atoms with Gasteiger partial charge in [-0.25, -0.2) is 0 Å². The number of hydrogen-bond acceptors (Lipinski definition) is 5. The molecule has 2 aromatic carbocycles. The number of methoxy groups -OCH3 is 1. The number of hydrogen-bond donors (Lipinski definition) is 3. The summed E-state index contributed by atoms with van der Waals surface area (Å²) in [6.07, 6.45) is -0.765. The van der Waals surface area contributed by atoms with Gasteiger partial charge in [0.05, 0.1) is 19.8 Å². The predicted molar refractivity (Wildman–Crippen MR) is 85.4 cm³/mol. The van der Waals surface area contributed by atoms with E-state index < -0.39 is 6.10 Å². The molecule has 1 unspecified atom stereocenters. The summed E-state index contributed by atoms with van der Waals surface area (Å²) in [6, 6.07) is 15.2. The summed E-state index contributed by atoms with van der Waals surface area (Å²) in [5, 5.41) is 21.2. The maximum Gasteiger partial charge on any atom is 0.120 e. The van der Waals surface area contributed by atoms with Crippen LogP contribution in [0.5, 0.6) is 11.5 Å². The van der Waals surface area contributed by atoms with Crippen molar-refractivity contribution in [3.8, 4) is 11.5 Å². The van der Waals surface area contributed by atoms with Crippen LogP contribution in [0.1, 0.15) is 5.56 Å². The molecular weight excluding hydrogens is 282 g/mol.